The number of hydrogen-bond donors (Lipinski definition) is 1. The minimum absolute atomic E-state index is 0.165. The topological polar surface area (TPSA) is 53.1 Å². The van der Waals surface area contributed by atoms with Crippen LogP contribution in [0.15, 0.2) is 12.4 Å². The molecule has 4 nitrogen and oxygen atoms in total. The number of alkyl halides is 2. The predicted molar refractivity (Wildman–Crippen MR) is 47.0 cm³/mol. The van der Waals surface area contributed by atoms with Gasteiger partial charge in [-0.05, 0) is 0 Å². The highest BCUT2D eigenvalue weighted by Gasteiger charge is 2.14. The standard InChI is InChI=1S/C8H13F2N3O/c1-13-4-6(3-12-13)7(2-11)14-5-8(9)10/h3-4,7-8H,2,5,11H2,1H3. The minimum atomic E-state index is -2.47. The van der Waals surface area contributed by atoms with Crippen molar-refractivity contribution in [3.63, 3.8) is 0 Å². The van der Waals surface area contributed by atoms with Gasteiger partial charge in [0.25, 0.3) is 6.43 Å². The van der Waals surface area contributed by atoms with Crippen molar-refractivity contribution in [1.29, 1.82) is 0 Å². The van der Waals surface area contributed by atoms with Crippen LogP contribution in [-0.4, -0.2) is 29.4 Å². The summed E-state index contributed by atoms with van der Waals surface area (Å²) in [5.74, 6) is 0. The van der Waals surface area contributed by atoms with Gasteiger partial charge in [-0.1, -0.05) is 0 Å². The smallest absolute Gasteiger partial charge is 0.261 e. The second-order valence-corrected chi connectivity index (χ2v) is 2.90. The van der Waals surface area contributed by atoms with Crippen molar-refractivity contribution in [2.24, 2.45) is 12.8 Å². The Balaban J connectivity index is 2.54. The minimum Gasteiger partial charge on any atom is -0.366 e. The molecule has 1 rings (SSSR count). The monoisotopic (exact) mass is 205 g/mol. The quantitative estimate of drug-likeness (QED) is 0.769. The van der Waals surface area contributed by atoms with Crippen LogP contribution in [-0.2, 0) is 11.8 Å². The van der Waals surface area contributed by atoms with Gasteiger partial charge in [-0.15, -0.1) is 0 Å². The lowest BCUT2D eigenvalue weighted by Gasteiger charge is -2.13. The fourth-order valence-corrected chi connectivity index (χ4v) is 1.10. The molecule has 1 aromatic rings. The maximum atomic E-state index is 11.9. The highest BCUT2D eigenvalue weighted by molar-refractivity contribution is 5.08. The van der Waals surface area contributed by atoms with Crippen molar-refractivity contribution in [3.8, 4) is 0 Å². The van der Waals surface area contributed by atoms with Crippen molar-refractivity contribution < 1.29 is 13.5 Å². The zero-order chi connectivity index (χ0) is 10.6. The van der Waals surface area contributed by atoms with E-state index in [0.29, 0.717) is 0 Å². The Kier molecular flexibility index (Phi) is 3.97. The molecule has 1 heterocycles. The highest BCUT2D eigenvalue weighted by atomic mass is 19.3. The number of aryl methyl sites for hydroxylation is 1. The van der Waals surface area contributed by atoms with Crippen LogP contribution in [0.4, 0.5) is 8.78 Å². The summed E-state index contributed by atoms with van der Waals surface area (Å²) in [6.45, 7) is -0.435. The van der Waals surface area contributed by atoms with Gasteiger partial charge in [-0.3, -0.25) is 4.68 Å². The molecule has 0 saturated carbocycles. The van der Waals surface area contributed by atoms with E-state index in [9.17, 15) is 8.78 Å². The van der Waals surface area contributed by atoms with E-state index in [4.69, 9.17) is 10.5 Å². The van der Waals surface area contributed by atoms with Crippen molar-refractivity contribution in [3.05, 3.63) is 18.0 Å². The van der Waals surface area contributed by atoms with Crippen LogP contribution in [0.2, 0.25) is 0 Å². The molecule has 0 spiro atoms. The Hall–Kier alpha value is -1.01. The Morgan fingerprint density at radius 1 is 1.64 bits per heavy atom. The third-order valence-electron chi connectivity index (χ3n) is 1.73. The number of rotatable bonds is 5. The molecule has 0 saturated heterocycles. The summed E-state index contributed by atoms with van der Waals surface area (Å²) in [5, 5.41) is 3.91. The summed E-state index contributed by atoms with van der Waals surface area (Å²) in [4.78, 5) is 0. The first-order chi connectivity index (χ1) is 6.63. The van der Waals surface area contributed by atoms with Gasteiger partial charge >= 0.3 is 0 Å². The van der Waals surface area contributed by atoms with Crippen LogP contribution in [0, 0.1) is 0 Å². The van der Waals surface area contributed by atoms with Gasteiger partial charge in [-0.25, -0.2) is 8.78 Å². The Labute approximate surface area is 80.6 Å². The van der Waals surface area contributed by atoms with Crippen molar-refractivity contribution in [2.45, 2.75) is 12.5 Å². The second-order valence-electron chi connectivity index (χ2n) is 2.90. The van der Waals surface area contributed by atoms with Gasteiger partial charge in [0.05, 0.1) is 12.3 Å². The molecule has 1 aromatic heterocycles. The first-order valence-corrected chi connectivity index (χ1v) is 4.22. The lowest BCUT2D eigenvalue weighted by atomic mass is 10.2. The Morgan fingerprint density at radius 3 is 2.79 bits per heavy atom. The maximum Gasteiger partial charge on any atom is 0.261 e. The third-order valence-corrected chi connectivity index (χ3v) is 1.73. The first-order valence-electron chi connectivity index (χ1n) is 4.22. The molecule has 6 heteroatoms. The Bertz CT molecular complexity index is 277. The van der Waals surface area contributed by atoms with Crippen LogP contribution in [0.25, 0.3) is 0 Å². The number of nitrogens with two attached hydrogens (primary N) is 1. The SMILES string of the molecule is Cn1cc(C(CN)OCC(F)F)cn1. The number of ether oxygens (including phenoxy) is 1. The van der Waals surface area contributed by atoms with Crippen LogP contribution in [0.3, 0.4) is 0 Å². The molecule has 2 N–H and O–H groups in total. The predicted octanol–water partition coefficient (Wildman–Crippen LogP) is 0.702. The van der Waals surface area contributed by atoms with E-state index in [-0.39, 0.29) is 6.54 Å². The molecule has 0 radical (unpaired) electrons. The van der Waals surface area contributed by atoms with E-state index >= 15 is 0 Å². The summed E-state index contributed by atoms with van der Waals surface area (Å²) >= 11 is 0. The van der Waals surface area contributed by atoms with E-state index in [1.165, 1.54) is 0 Å². The highest BCUT2D eigenvalue weighted by Crippen LogP contribution is 2.15. The van der Waals surface area contributed by atoms with Crippen LogP contribution < -0.4 is 5.73 Å². The maximum absolute atomic E-state index is 11.9. The molecule has 0 amide bonds. The van der Waals surface area contributed by atoms with E-state index < -0.39 is 19.1 Å². The average molecular weight is 205 g/mol. The molecule has 0 aliphatic rings. The van der Waals surface area contributed by atoms with Crippen LogP contribution >= 0.6 is 0 Å². The molecule has 0 aromatic carbocycles. The summed E-state index contributed by atoms with van der Waals surface area (Å²) in [6.07, 6.45) is 0.282. The van der Waals surface area contributed by atoms with Crippen LogP contribution in [0.1, 0.15) is 11.7 Å². The second kappa shape index (κ2) is 5.02. The largest absolute Gasteiger partial charge is 0.366 e. The fraction of sp³-hybridized carbons (Fsp3) is 0.625. The molecule has 0 aliphatic carbocycles. The first kappa shape index (κ1) is 11.1. The fourth-order valence-electron chi connectivity index (χ4n) is 1.10. The van der Waals surface area contributed by atoms with E-state index in [2.05, 4.69) is 5.10 Å². The number of nitrogens with zero attached hydrogens (tertiary/aromatic N) is 2. The van der Waals surface area contributed by atoms with Gasteiger partial charge in [0.15, 0.2) is 0 Å². The number of aromatic nitrogens is 2. The summed E-state index contributed by atoms with van der Waals surface area (Å²) < 4.78 is 30.2. The lowest BCUT2D eigenvalue weighted by molar-refractivity contribution is -0.0217. The zero-order valence-electron chi connectivity index (χ0n) is 7.86. The Morgan fingerprint density at radius 2 is 2.36 bits per heavy atom. The summed E-state index contributed by atoms with van der Waals surface area (Å²) in [5.41, 5.74) is 6.11. The van der Waals surface area contributed by atoms with E-state index in [0.717, 1.165) is 5.56 Å². The average Bonchev–Trinajstić information content (AvgIpc) is 2.53. The lowest BCUT2D eigenvalue weighted by Crippen LogP contribution is -2.18. The molecule has 1 atom stereocenters. The molecule has 14 heavy (non-hydrogen) atoms. The van der Waals surface area contributed by atoms with Gasteiger partial charge < -0.3 is 10.5 Å². The van der Waals surface area contributed by atoms with Gasteiger partial charge in [-0.2, -0.15) is 5.10 Å². The van der Waals surface area contributed by atoms with E-state index in [1.807, 2.05) is 0 Å². The summed E-state index contributed by atoms with van der Waals surface area (Å²) in [6, 6.07) is 0. The molecular weight excluding hydrogens is 192 g/mol. The molecule has 0 bridgehead atoms. The van der Waals surface area contributed by atoms with Gasteiger partial charge in [0.2, 0.25) is 0 Å². The van der Waals surface area contributed by atoms with Crippen molar-refractivity contribution in [2.75, 3.05) is 13.2 Å². The van der Waals surface area contributed by atoms with Crippen molar-refractivity contribution >= 4 is 0 Å². The number of hydrogen-bond acceptors (Lipinski definition) is 3. The van der Waals surface area contributed by atoms with Gasteiger partial charge in [0, 0.05) is 25.4 Å². The summed E-state index contributed by atoms with van der Waals surface area (Å²) in [7, 11) is 1.74. The third kappa shape index (κ3) is 3.04. The normalized spacial score (nSPS) is 13.5. The molecule has 0 aliphatic heterocycles. The van der Waals surface area contributed by atoms with Crippen LogP contribution in [0.5, 0.6) is 0 Å². The molecule has 80 valence electrons. The van der Waals surface area contributed by atoms with Gasteiger partial charge in [0.1, 0.15) is 6.61 Å². The van der Waals surface area contributed by atoms with E-state index in [1.54, 1.807) is 24.1 Å². The zero-order valence-corrected chi connectivity index (χ0v) is 7.86. The van der Waals surface area contributed by atoms with Crippen molar-refractivity contribution in [1.82, 2.24) is 9.78 Å². The number of halogens is 2. The molecule has 0 fully saturated rings. The molecular formula is C8H13F2N3O. The molecule has 1 unspecified atom stereocenters.